The van der Waals surface area contributed by atoms with Crippen molar-refractivity contribution in [3.05, 3.63) is 11.9 Å². The molecule has 104 valence electrons. The van der Waals surface area contributed by atoms with Gasteiger partial charge in [0, 0.05) is 13.3 Å². The van der Waals surface area contributed by atoms with Crippen LogP contribution in [0.1, 0.15) is 38.9 Å². The first-order valence-electron chi connectivity index (χ1n) is 5.99. The summed E-state index contributed by atoms with van der Waals surface area (Å²) in [6.07, 6.45) is 3.80. The van der Waals surface area contributed by atoms with Crippen molar-refractivity contribution in [3.63, 3.8) is 0 Å². The summed E-state index contributed by atoms with van der Waals surface area (Å²) in [5, 5.41) is 11.0. The molecule has 7 heteroatoms. The molecule has 0 fully saturated rings. The van der Waals surface area contributed by atoms with E-state index in [1.165, 1.54) is 6.26 Å². The average Bonchev–Trinajstić information content (AvgIpc) is 2.63. The van der Waals surface area contributed by atoms with Crippen LogP contribution in [0.25, 0.3) is 0 Å². The van der Waals surface area contributed by atoms with E-state index in [-0.39, 0.29) is 6.04 Å². The minimum atomic E-state index is -3.21. The van der Waals surface area contributed by atoms with Gasteiger partial charge in [-0.25, -0.2) is 8.42 Å². The first kappa shape index (κ1) is 15.1. The van der Waals surface area contributed by atoms with E-state index in [1.807, 2.05) is 6.92 Å². The van der Waals surface area contributed by atoms with Crippen molar-refractivity contribution in [2.45, 2.75) is 38.0 Å². The van der Waals surface area contributed by atoms with Crippen LogP contribution in [0.3, 0.4) is 0 Å². The molecule has 1 heterocycles. The fraction of sp³-hybridized carbons (Fsp3) is 0.818. The van der Waals surface area contributed by atoms with Gasteiger partial charge in [0.25, 0.3) is 0 Å². The Morgan fingerprint density at radius 2 is 2.11 bits per heavy atom. The van der Waals surface area contributed by atoms with E-state index >= 15 is 0 Å². The van der Waals surface area contributed by atoms with E-state index < -0.39 is 14.6 Å². The smallest absolute Gasteiger partial charge is 0.154 e. The minimum Gasteiger partial charge on any atom is -0.307 e. The summed E-state index contributed by atoms with van der Waals surface area (Å²) >= 11 is 0. The zero-order chi connectivity index (χ0) is 14.0. The molecule has 18 heavy (non-hydrogen) atoms. The lowest BCUT2D eigenvalue weighted by atomic mass is 10.00. The molecule has 0 aliphatic heterocycles. The molecule has 0 amide bonds. The Morgan fingerprint density at radius 1 is 1.50 bits per heavy atom. The van der Waals surface area contributed by atoms with Crippen molar-refractivity contribution < 1.29 is 8.42 Å². The highest BCUT2D eigenvalue weighted by atomic mass is 32.2. The largest absolute Gasteiger partial charge is 0.307 e. The van der Waals surface area contributed by atoms with Crippen molar-refractivity contribution in [2.24, 2.45) is 7.05 Å². The molecule has 1 unspecified atom stereocenters. The topological polar surface area (TPSA) is 76.9 Å². The van der Waals surface area contributed by atoms with Gasteiger partial charge in [-0.1, -0.05) is 12.1 Å². The highest BCUT2D eigenvalue weighted by Gasteiger charge is 2.41. The van der Waals surface area contributed by atoms with Gasteiger partial charge >= 0.3 is 0 Å². The molecule has 0 aliphatic rings. The van der Waals surface area contributed by atoms with Gasteiger partial charge in [0.15, 0.2) is 9.84 Å². The number of nitrogens with one attached hydrogen (secondary N) is 1. The Hall–Kier alpha value is -0.950. The minimum absolute atomic E-state index is 0.326. The van der Waals surface area contributed by atoms with Crippen molar-refractivity contribution in [1.29, 1.82) is 0 Å². The van der Waals surface area contributed by atoms with E-state index in [1.54, 1.807) is 31.8 Å². The summed E-state index contributed by atoms with van der Waals surface area (Å²) in [5.41, 5.74) is 0.777. The van der Waals surface area contributed by atoms with Gasteiger partial charge in [0.1, 0.15) is 0 Å². The monoisotopic (exact) mass is 274 g/mol. The molecule has 1 N–H and O–H groups in total. The molecule has 0 saturated heterocycles. The molecule has 6 nitrogen and oxygen atoms in total. The van der Waals surface area contributed by atoms with Crippen LogP contribution in [0.2, 0.25) is 0 Å². The van der Waals surface area contributed by atoms with E-state index in [4.69, 9.17) is 0 Å². The lowest BCUT2D eigenvalue weighted by molar-refractivity contribution is 0.400. The number of nitrogens with zero attached hydrogens (tertiary/aromatic N) is 3. The lowest BCUT2D eigenvalue weighted by Crippen LogP contribution is -2.46. The molecule has 0 spiro atoms. The first-order chi connectivity index (χ1) is 8.21. The third kappa shape index (κ3) is 2.89. The first-order valence-corrected chi connectivity index (χ1v) is 7.88. The fourth-order valence-corrected chi connectivity index (χ4v) is 2.40. The summed E-state index contributed by atoms with van der Waals surface area (Å²) in [6.45, 7) is 6.24. The van der Waals surface area contributed by atoms with Crippen LogP contribution in [-0.2, 0) is 16.9 Å². The van der Waals surface area contributed by atoms with Gasteiger partial charge in [0.05, 0.1) is 22.7 Å². The second-order valence-electron chi connectivity index (χ2n) is 5.05. The molecule has 1 atom stereocenters. The Bertz CT molecular complexity index is 493. The molecule has 0 aromatic carbocycles. The van der Waals surface area contributed by atoms with Gasteiger partial charge in [-0.15, -0.1) is 5.10 Å². The van der Waals surface area contributed by atoms with Crippen LogP contribution >= 0.6 is 0 Å². The standard InChI is InChI=1S/C11H22N4O2S/c1-6-7-12-10(9-8-13-14-15(9)4)11(2,3)18(5,16)17/h8,10,12H,6-7H2,1-5H3. The Labute approximate surface area is 109 Å². The van der Waals surface area contributed by atoms with Crippen molar-refractivity contribution >= 4 is 9.84 Å². The van der Waals surface area contributed by atoms with E-state index in [0.717, 1.165) is 18.7 Å². The normalized spacial score (nSPS) is 14.7. The average molecular weight is 274 g/mol. The van der Waals surface area contributed by atoms with Crippen LogP contribution in [0.4, 0.5) is 0 Å². The molecule has 0 bridgehead atoms. The number of aryl methyl sites for hydroxylation is 1. The molecule has 1 aromatic heterocycles. The van der Waals surface area contributed by atoms with E-state index in [9.17, 15) is 8.42 Å². The second kappa shape index (κ2) is 5.36. The predicted molar refractivity (Wildman–Crippen MR) is 71.0 cm³/mol. The summed E-state index contributed by atoms with van der Waals surface area (Å²) in [4.78, 5) is 0. The van der Waals surface area contributed by atoms with Crippen LogP contribution in [0, 0.1) is 0 Å². The van der Waals surface area contributed by atoms with Crippen LogP contribution in [-0.4, -0.2) is 41.0 Å². The van der Waals surface area contributed by atoms with Crippen molar-refractivity contribution in [1.82, 2.24) is 20.3 Å². The van der Waals surface area contributed by atoms with Gasteiger partial charge in [0.2, 0.25) is 0 Å². The molecular weight excluding hydrogens is 252 g/mol. The maximum Gasteiger partial charge on any atom is 0.154 e. The molecular formula is C11H22N4O2S. The van der Waals surface area contributed by atoms with Crippen LogP contribution in [0.15, 0.2) is 6.20 Å². The van der Waals surface area contributed by atoms with Crippen molar-refractivity contribution in [2.75, 3.05) is 12.8 Å². The van der Waals surface area contributed by atoms with E-state index in [0.29, 0.717) is 0 Å². The highest BCUT2D eigenvalue weighted by molar-refractivity contribution is 7.92. The zero-order valence-electron chi connectivity index (χ0n) is 11.6. The van der Waals surface area contributed by atoms with Gasteiger partial charge < -0.3 is 5.32 Å². The third-order valence-electron chi connectivity index (χ3n) is 3.29. The fourth-order valence-electron chi connectivity index (χ4n) is 1.77. The zero-order valence-corrected chi connectivity index (χ0v) is 12.5. The number of hydrogen-bond acceptors (Lipinski definition) is 5. The summed E-state index contributed by atoms with van der Waals surface area (Å²) in [5.74, 6) is 0. The molecule has 0 saturated carbocycles. The number of sulfone groups is 1. The number of rotatable bonds is 6. The Kier molecular flexibility index (Phi) is 4.50. The molecule has 1 aromatic rings. The molecule has 1 rings (SSSR count). The lowest BCUT2D eigenvalue weighted by Gasteiger charge is -2.33. The highest BCUT2D eigenvalue weighted by Crippen LogP contribution is 2.31. The SMILES string of the molecule is CCCNC(c1cnnn1C)C(C)(C)S(C)(=O)=O. The predicted octanol–water partition coefficient (Wildman–Crippen LogP) is 0.679. The Morgan fingerprint density at radius 3 is 2.50 bits per heavy atom. The molecule has 0 aliphatic carbocycles. The van der Waals surface area contributed by atoms with Crippen LogP contribution in [0.5, 0.6) is 0 Å². The van der Waals surface area contributed by atoms with Crippen molar-refractivity contribution in [3.8, 4) is 0 Å². The summed E-state index contributed by atoms with van der Waals surface area (Å²) in [7, 11) is -1.44. The summed E-state index contributed by atoms with van der Waals surface area (Å²) < 4.78 is 24.6. The quantitative estimate of drug-likeness (QED) is 0.825. The Balaban J connectivity index is 3.18. The molecule has 0 radical (unpaired) electrons. The van der Waals surface area contributed by atoms with Gasteiger partial charge in [-0.05, 0) is 26.8 Å². The van der Waals surface area contributed by atoms with Gasteiger partial charge in [-0.3, -0.25) is 4.68 Å². The maximum absolute atomic E-state index is 12.0. The summed E-state index contributed by atoms with van der Waals surface area (Å²) in [6, 6.07) is -0.326. The van der Waals surface area contributed by atoms with Gasteiger partial charge in [-0.2, -0.15) is 0 Å². The third-order valence-corrected chi connectivity index (χ3v) is 5.44. The van der Waals surface area contributed by atoms with E-state index in [2.05, 4.69) is 15.6 Å². The second-order valence-corrected chi connectivity index (χ2v) is 7.64. The number of hydrogen-bond donors (Lipinski definition) is 1. The number of aromatic nitrogens is 3. The van der Waals surface area contributed by atoms with Crippen LogP contribution < -0.4 is 5.32 Å². The maximum atomic E-state index is 12.0.